The molecule has 1 amide bonds. The lowest BCUT2D eigenvalue weighted by Gasteiger charge is -2.22. The molecule has 5 nitrogen and oxygen atoms in total. The van der Waals surface area contributed by atoms with Crippen molar-refractivity contribution in [2.75, 3.05) is 13.6 Å². The van der Waals surface area contributed by atoms with E-state index in [0.29, 0.717) is 17.7 Å². The van der Waals surface area contributed by atoms with Gasteiger partial charge >= 0.3 is 12.4 Å². The number of amides is 1. The molecule has 0 N–H and O–H groups in total. The van der Waals surface area contributed by atoms with Crippen molar-refractivity contribution >= 4 is 5.91 Å². The fraction of sp³-hybridized carbons (Fsp3) is 0.333. The molecule has 0 saturated carbocycles. The first-order valence-corrected chi connectivity index (χ1v) is 10.6. The van der Waals surface area contributed by atoms with Crippen molar-refractivity contribution < 1.29 is 35.6 Å². The highest BCUT2D eigenvalue weighted by Crippen LogP contribution is 2.31. The summed E-state index contributed by atoms with van der Waals surface area (Å²) in [6, 6.07) is 9.38. The number of oxazole rings is 1. The predicted octanol–water partition coefficient (Wildman–Crippen LogP) is 6.01. The van der Waals surface area contributed by atoms with Crippen LogP contribution in [0.5, 0.6) is 0 Å². The van der Waals surface area contributed by atoms with Gasteiger partial charge in [0.1, 0.15) is 6.26 Å². The lowest BCUT2D eigenvalue weighted by atomic mass is 10.1. The summed E-state index contributed by atoms with van der Waals surface area (Å²) in [6.07, 6.45) is -7.90. The van der Waals surface area contributed by atoms with Crippen LogP contribution in [0.15, 0.2) is 59.2 Å². The zero-order chi connectivity index (χ0) is 25.8. The molecule has 0 radical (unpaired) electrons. The van der Waals surface area contributed by atoms with Crippen molar-refractivity contribution in [3.05, 3.63) is 88.6 Å². The minimum atomic E-state index is -4.54. The summed E-state index contributed by atoms with van der Waals surface area (Å²) >= 11 is 0. The lowest BCUT2D eigenvalue weighted by Crippen LogP contribution is -2.27. The van der Waals surface area contributed by atoms with Crippen LogP contribution in [0.1, 0.15) is 45.6 Å². The Kier molecular flexibility index (Phi) is 7.89. The van der Waals surface area contributed by atoms with Crippen LogP contribution in [0, 0.1) is 0 Å². The van der Waals surface area contributed by atoms with Gasteiger partial charge in [-0.1, -0.05) is 36.4 Å². The Hall–Kier alpha value is -3.34. The maximum atomic E-state index is 13.1. The number of nitrogens with zero attached hydrogens (tertiary/aromatic N) is 3. The molecule has 35 heavy (non-hydrogen) atoms. The largest absolute Gasteiger partial charge is 0.447 e. The summed E-state index contributed by atoms with van der Waals surface area (Å²) in [5.74, 6) is -0.262. The van der Waals surface area contributed by atoms with E-state index in [-0.39, 0.29) is 37.1 Å². The van der Waals surface area contributed by atoms with E-state index < -0.39 is 23.5 Å². The van der Waals surface area contributed by atoms with E-state index in [1.165, 1.54) is 35.4 Å². The second-order valence-corrected chi connectivity index (χ2v) is 7.99. The molecule has 0 bridgehead atoms. The summed E-state index contributed by atoms with van der Waals surface area (Å²) < 4.78 is 84.3. The average Bonchev–Trinajstić information content (AvgIpc) is 3.25. The molecular weight excluding hydrogens is 476 g/mol. The Morgan fingerprint density at radius 2 is 1.40 bits per heavy atom. The molecule has 188 valence electrons. The quantitative estimate of drug-likeness (QED) is 0.357. The normalized spacial score (nSPS) is 12.3. The SMILES string of the molecule is CCN(C)C(=O)c1coc(CN(Cc2cccc(C(F)(F)F)c2)Cc2cccc(C(F)(F)F)c2)n1. The molecule has 0 atom stereocenters. The van der Waals surface area contributed by atoms with Crippen molar-refractivity contribution in [3.63, 3.8) is 0 Å². The van der Waals surface area contributed by atoms with Crippen molar-refractivity contribution in [2.45, 2.75) is 38.9 Å². The fourth-order valence-corrected chi connectivity index (χ4v) is 3.39. The molecule has 1 aromatic heterocycles. The first kappa shape index (κ1) is 26.3. The Morgan fingerprint density at radius 3 is 1.86 bits per heavy atom. The summed E-state index contributed by atoms with van der Waals surface area (Å²) in [5, 5.41) is 0. The van der Waals surface area contributed by atoms with E-state index >= 15 is 0 Å². The molecule has 1 heterocycles. The summed E-state index contributed by atoms with van der Waals surface area (Å²) in [5.41, 5.74) is -0.996. The minimum Gasteiger partial charge on any atom is -0.447 e. The third-order valence-electron chi connectivity index (χ3n) is 5.27. The van der Waals surface area contributed by atoms with Crippen molar-refractivity contribution in [3.8, 4) is 0 Å². The van der Waals surface area contributed by atoms with Crippen molar-refractivity contribution in [1.82, 2.24) is 14.8 Å². The van der Waals surface area contributed by atoms with Gasteiger partial charge in [-0.15, -0.1) is 0 Å². The third-order valence-corrected chi connectivity index (χ3v) is 5.27. The molecule has 2 aromatic carbocycles. The Balaban J connectivity index is 1.88. The smallest absolute Gasteiger partial charge is 0.416 e. The molecule has 11 heteroatoms. The van der Waals surface area contributed by atoms with E-state index in [0.717, 1.165) is 24.3 Å². The number of halogens is 6. The standard InChI is InChI=1S/C24H23F6N3O2/c1-3-32(2)22(34)20-15-35-21(31-20)14-33(12-16-6-4-8-18(10-16)23(25,26)27)13-17-7-5-9-19(11-17)24(28,29)30/h4-11,15H,3,12-14H2,1-2H3. The lowest BCUT2D eigenvalue weighted by molar-refractivity contribution is -0.138. The van der Waals surface area contributed by atoms with Gasteiger partial charge in [-0.3, -0.25) is 9.69 Å². The van der Waals surface area contributed by atoms with Crippen molar-refractivity contribution in [2.24, 2.45) is 0 Å². The van der Waals surface area contributed by atoms with E-state index in [4.69, 9.17) is 4.42 Å². The van der Waals surface area contributed by atoms with E-state index in [9.17, 15) is 31.1 Å². The van der Waals surface area contributed by atoms with Crippen LogP contribution in [-0.4, -0.2) is 34.3 Å². The molecule has 0 aliphatic heterocycles. The number of benzene rings is 2. The number of hydrogen-bond donors (Lipinski definition) is 0. The maximum Gasteiger partial charge on any atom is 0.416 e. The predicted molar refractivity (Wildman–Crippen MR) is 115 cm³/mol. The zero-order valence-electron chi connectivity index (χ0n) is 19.0. The van der Waals surface area contributed by atoms with Crippen LogP contribution in [0.4, 0.5) is 26.3 Å². The monoisotopic (exact) mass is 499 g/mol. The highest BCUT2D eigenvalue weighted by molar-refractivity contribution is 5.91. The van der Waals surface area contributed by atoms with Gasteiger partial charge in [-0.05, 0) is 30.2 Å². The third kappa shape index (κ3) is 7.08. The van der Waals surface area contributed by atoms with Gasteiger partial charge in [0, 0.05) is 26.7 Å². The molecule has 3 aromatic rings. The summed E-state index contributed by atoms with van der Waals surface area (Å²) in [7, 11) is 1.59. The maximum absolute atomic E-state index is 13.1. The van der Waals surface area contributed by atoms with Gasteiger partial charge in [0.25, 0.3) is 5.91 Å². The second-order valence-electron chi connectivity index (χ2n) is 7.99. The van der Waals surface area contributed by atoms with Crippen LogP contribution in [0.25, 0.3) is 0 Å². The van der Waals surface area contributed by atoms with Gasteiger partial charge in [-0.25, -0.2) is 4.98 Å². The number of carbonyl (C=O) groups excluding carboxylic acids is 1. The molecule has 0 fully saturated rings. The van der Waals surface area contributed by atoms with Crippen LogP contribution in [-0.2, 0) is 32.0 Å². The fourth-order valence-electron chi connectivity index (χ4n) is 3.39. The minimum absolute atomic E-state index is 0.0271. The molecule has 0 aliphatic carbocycles. The highest BCUT2D eigenvalue weighted by atomic mass is 19.4. The average molecular weight is 499 g/mol. The number of alkyl halides is 6. The zero-order valence-corrected chi connectivity index (χ0v) is 19.0. The molecule has 0 unspecified atom stereocenters. The molecule has 0 spiro atoms. The number of carbonyl (C=O) groups is 1. The first-order chi connectivity index (χ1) is 16.4. The Bertz CT molecular complexity index is 1100. The van der Waals surface area contributed by atoms with Gasteiger partial charge in [-0.2, -0.15) is 26.3 Å². The molecule has 0 saturated heterocycles. The van der Waals surface area contributed by atoms with Gasteiger partial charge in [0.2, 0.25) is 5.89 Å². The molecular formula is C24H23F6N3O2. The molecule has 0 aliphatic rings. The van der Waals surface area contributed by atoms with Crippen LogP contribution in [0.2, 0.25) is 0 Å². The van der Waals surface area contributed by atoms with Gasteiger partial charge in [0.15, 0.2) is 5.69 Å². The van der Waals surface area contributed by atoms with Crippen molar-refractivity contribution in [1.29, 1.82) is 0 Å². The Morgan fingerprint density at radius 1 is 0.886 bits per heavy atom. The van der Waals surface area contributed by atoms with Gasteiger partial charge < -0.3 is 9.32 Å². The van der Waals surface area contributed by atoms with E-state index in [1.807, 2.05) is 0 Å². The Labute approximate surface area is 198 Å². The summed E-state index contributed by atoms with van der Waals surface area (Å²) in [6.45, 7) is 2.12. The topological polar surface area (TPSA) is 49.6 Å². The molecule has 3 rings (SSSR count). The van der Waals surface area contributed by atoms with Gasteiger partial charge in [0.05, 0.1) is 17.7 Å². The van der Waals surface area contributed by atoms with E-state index in [2.05, 4.69) is 4.98 Å². The van der Waals surface area contributed by atoms with Crippen LogP contribution < -0.4 is 0 Å². The first-order valence-electron chi connectivity index (χ1n) is 10.6. The van der Waals surface area contributed by atoms with E-state index in [1.54, 1.807) is 18.9 Å². The number of rotatable bonds is 8. The number of hydrogen-bond acceptors (Lipinski definition) is 4. The summed E-state index contributed by atoms with van der Waals surface area (Å²) in [4.78, 5) is 19.5. The highest BCUT2D eigenvalue weighted by Gasteiger charge is 2.31. The van der Waals surface area contributed by atoms with Crippen LogP contribution >= 0.6 is 0 Å². The number of aromatic nitrogens is 1. The second kappa shape index (κ2) is 10.5. The van der Waals surface area contributed by atoms with Crippen LogP contribution in [0.3, 0.4) is 0 Å².